The predicted molar refractivity (Wildman–Crippen MR) is 72.7 cm³/mol. The fraction of sp³-hybridized carbons (Fsp3) is 0.400. The fourth-order valence-corrected chi connectivity index (χ4v) is 2.08. The fourth-order valence-electron chi connectivity index (χ4n) is 2.08. The third kappa shape index (κ3) is 5.05. The lowest BCUT2D eigenvalue weighted by Gasteiger charge is -2.36. The monoisotopic (exact) mass is 283 g/mol. The number of rotatable bonds is 6. The van der Waals surface area contributed by atoms with Gasteiger partial charge in [0.1, 0.15) is 0 Å². The predicted octanol–water partition coefficient (Wildman–Crippen LogP) is -0.0952. The second kappa shape index (κ2) is 7.97. The standard InChI is InChI=1S/C15H22NO2.ClH/c1-5-12-16(3,4)15(18-14(17)6-2)13-10-8-7-9-11-13;/h6-11,15H,2,5,12H2,1,3-4H3;1H/q+1;/p-1. The summed E-state index contributed by atoms with van der Waals surface area (Å²) in [6, 6.07) is 9.83. The molecule has 1 aromatic carbocycles. The van der Waals surface area contributed by atoms with Crippen molar-refractivity contribution >= 4 is 5.97 Å². The molecule has 0 aliphatic rings. The van der Waals surface area contributed by atoms with Crippen molar-refractivity contribution in [3.63, 3.8) is 0 Å². The Kier molecular flexibility index (Phi) is 7.42. The van der Waals surface area contributed by atoms with Crippen molar-refractivity contribution in [2.45, 2.75) is 19.6 Å². The minimum absolute atomic E-state index is 0. The van der Waals surface area contributed by atoms with Crippen molar-refractivity contribution in [3.05, 3.63) is 48.6 Å². The van der Waals surface area contributed by atoms with Gasteiger partial charge in [0.05, 0.1) is 26.2 Å². The van der Waals surface area contributed by atoms with Crippen molar-refractivity contribution in [3.8, 4) is 0 Å². The number of ether oxygens (including phenoxy) is 1. The van der Waals surface area contributed by atoms with Crippen LogP contribution in [-0.4, -0.2) is 31.1 Å². The molecule has 0 saturated heterocycles. The Hall–Kier alpha value is -1.32. The maximum atomic E-state index is 11.5. The van der Waals surface area contributed by atoms with Crippen LogP contribution in [-0.2, 0) is 9.53 Å². The van der Waals surface area contributed by atoms with Crippen LogP contribution in [0, 0.1) is 0 Å². The Morgan fingerprint density at radius 1 is 1.37 bits per heavy atom. The van der Waals surface area contributed by atoms with Gasteiger partial charge in [-0.1, -0.05) is 31.7 Å². The smallest absolute Gasteiger partial charge is 0.334 e. The third-order valence-electron chi connectivity index (χ3n) is 2.91. The first-order chi connectivity index (χ1) is 8.51. The Balaban J connectivity index is 0.00000324. The van der Waals surface area contributed by atoms with Gasteiger partial charge >= 0.3 is 5.97 Å². The number of benzene rings is 1. The summed E-state index contributed by atoms with van der Waals surface area (Å²) < 4.78 is 6.13. The Morgan fingerprint density at radius 2 is 1.95 bits per heavy atom. The number of carbonyl (C=O) groups excluding carboxylic acids is 1. The molecule has 0 N–H and O–H groups in total. The highest BCUT2D eigenvalue weighted by atomic mass is 35.5. The van der Waals surface area contributed by atoms with E-state index in [4.69, 9.17) is 4.74 Å². The van der Waals surface area contributed by atoms with Crippen LogP contribution in [0.1, 0.15) is 25.1 Å². The minimum Gasteiger partial charge on any atom is -1.00 e. The van der Waals surface area contributed by atoms with Crippen molar-refractivity contribution in [1.82, 2.24) is 0 Å². The van der Waals surface area contributed by atoms with Gasteiger partial charge in [0.15, 0.2) is 0 Å². The molecule has 1 rings (SSSR count). The largest absolute Gasteiger partial charge is 1.00 e. The second-order valence-corrected chi connectivity index (χ2v) is 4.91. The first kappa shape index (κ1) is 17.7. The molecule has 0 fully saturated rings. The summed E-state index contributed by atoms with van der Waals surface area (Å²) >= 11 is 0. The first-order valence-corrected chi connectivity index (χ1v) is 6.22. The van der Waals surface area contributed by atoms with E-state index in [-0.39, 0.29) is 24.6 Å². The van der Waals surface area contributed by atoms with E-state index in [1.807, 2.05) is 30.3 Å². The normalized spacial score (nSPS) is 12.2. The lowest BCUT2D eigenvalue weighted by Crippen LogP contribution is -3.00. The van der Waals surface area contributed by atoms with Crippen LogP contribution in [0.5, 0.6) is 0 Å². The number of quaternary nitrogens is 1. The van der Waals surface area contributed by atoms with E-state index >= 15 is 0 Å². The molecule has 1 unspecified atom stereocenters. The summed E-state index contributed by atoms with van der Waals surface area (Å²) in [7, 11) is 4.13. The molecule has 0 aliphatic carbocycles. The summed E-state index contributed by atoms with van der Waals surface area (Å²) in [5.74, 6) is -0.383. The van der Waals surface area contributed by atoms with Crippen LogP contribution in [0.15, 0.2) is 43.0 Å². The Morgan fingerprint density at radius 3 is 2.42 bits per heavy atom. The molecule has 19 heavy (non-hydrogen) atoms. The summed E-state index contributed by atoms with van der Waals surface area (Å²) in [6.45, 7) is 6.51. The lowest BCUT2D eigenvalue weighted by molar-refractivity contribution is -0.941. The minimum atomic E-state index is -0.383. The van der Waals surface area contributed by atoms with Gasteiger partial charge in [-0.05, 0) is 18.6 Å². The number of nitrogens with zero attached hydrogens (tertiary/aromatic N) is 1. The molecular formula is C15H22ClNO2. The average molecular weight is 284 g/mol. The molecule has 0 bridgehead atoms. The van der Waals surface area contributed by atoms with Gasteiger partial charge in [-0.3, -0.25) is 4.48 Å². The number of esters is 1. The molecule has 106 valence electrons. The Labute approximate surface area is 121 Å². The summed E-state index contributed by atoms with van der Waals surface area (Å²) in [4.78, 5) is 11.5. The van der Waals surface area contributed by atoms with Gasteiger partial charge in [-0.25, -0.2) is 4.79 Å². The maximum Gasteiger partial charge on any atom is 0.334 e. The molecule has 0 radical (unpaired) electrons. The topological polar surface area (TPSA) is 26.3 Å². The molecule has 0 aromatic heterocycles. The van der Waals surface area contributed by atoms with E-state index in [2.05, 4.69) is 27.6 Å². The van der Waals surface area contributed by atoms with Crippen LogP contribution in [0.2, 0.25) is 0 Å². The Bertz CT molecular complexity index is 404. The zero-order chi connectivity index (χ0) is 13.6. The zero-order valence-electron chi connectivity index (χ0n) is 11.8. The van der Waals surface area contributed by atoms with Gasteiger partial charge in [-0.15, -0.1) is 0 Å². The summed E-state index contributed by atoms with van der Waals surface area (Å²) in [6.07, 6.45) is 1.95. The highest BCUT2D eigenvalue weighted by Crippen LogP contribution is 2.26. The van der Waals surface area contributed by atoms with Crippen molar-refractivity contribution in [1.29, 1.82) is 0 Å². The van der Waals surface area contributed by atoms with Crippen LogP contribution < -0.4 is 12.4 Å². The van der Waals surface area contributed by atoms with Gasteiger partial charge in [0.2, 0.25) is 0 Å². The highest BCUT2D eigenvalue weighted by Gasteiger charge is 2.32. The maximum absolute atomic E-state index is 11.5. The van der Waals surface area contributed by atoms with E-state index in [0.717, 1.165) is 18.5 Å². The van der Waals surface area contributed by atoms with Gasteiger partial charge in [0.25, 0.3) is 6.23 Å². The zero-order valence-corrected chi connectivity index (χ0v) is 12.6. The van der Waals surface area contributed by atoms with Gasteiger partial charge in [0, 0.05) is 6.08 Å². The van der Waals surface area contributed by atoms with Crippen LogP contribution in [0.3, 0.4) is 0 Å². The van der Waals surface area contributed by atoms with Gasteiger partial charge < -0.3 is 17.1 Å². The van der Waals surface area contributed by atoms with E-state index in [1.54, 1.807) is 0 Å². The van der Waals surface area contributed by atoms with Crippen LogP contribution in [0.25, 0.3) is 0 Å². The molecule has 1 atom stereocenters. The summed E-state index contributed by atoms with van der Waals surface area (Å²) in [5, 5.41) is 0. The van der Waals surface area contributed by atoms with Gasteiger partial charge in [-0.2, -0.15) is 0 Å². The molecule has 0 heterocycles. The average Bonchev–Trinajstić information content (AvgIpc) is 2.36. The number of halogens is 1. The number of hydrogen-bond donors (Lipinski definition) is 0. The van der Waals surface area contributed by atoms with Crippen molar-refractivity contribution in [2.75, 3.05) is 20.6 Å². The lowest BCUT2D eigenvalue weighted by atomic mass is 10.1. The SMILES string of the molecule is C=CC(=O)OC(c1ccccc1)[N+](C)(C)CCC.[Cl-]. The summed E-state index contributed by atoms with van der Waals surface area (Å²) in [5.41, 5.74) is 1.01. The molecular weight excluding hydrogens is 262 g/mol. The molecule has 0 saturated carbocycles. The third-order valence-corrected chi connectivity index (χ3v) is 2.91. The second-order valence-electron chi connectivity index (χ2n) is 4.91. The van der Waals surface area contributed by atoms with E-state index in [9.17, 15) is 4.79 Å². The number of carbonyl (C=O) groups is 1. The molecule has 0 aliphatic heterocycles. The van der Waals surface area contributed by atoms with E-state index in [1.165, 1.54) is 6.08 Å². The molecule has 3 nitrogen and oxygen atoms in total. The highest BCUT2D eigenvalue weighted by molar-refractivity contribution is 5.81. The molecule has 0 spiro atoms. The quantitative estimate of drug-likeness (QED) is 0.316. The molecule has 1 aromatic rings. The van der Waals surface area contributed by atoms with Crippen molar-refractivity contribution < 1.29 is 26.4 Å². The van der Waals surface area contributed by atoms with Crippen molar-refractivity contribution in [2.24, 2.45) is 0 Å². The van der Waals surface area contributed by atoms with Crippen LogP contribution in [0.4, 0.5) is 0 Å². The van der Waals surface area contributed by atoms with E-state index < -0.39 is 0 Å². The first-order valence-electron chi connectivity index (χ1n) is 6.22. The number of hydrogen-bond acceptors (Lipinski definition) is 2. The van der Waals surface area contributed by atoms with Crippen LogP contribution >= 0.6 is 0 Å². The molecule has 0 amide bonds. The van der Waals surface area contributed by atoms with E-state index in [0.29, 0.717) is 4.48 Å². The molecule has 4 heteroatoms.